The van der Waals surface area contributed by atoms with E-state index in [1.807, 2.05) is 0 Å². The zero-order chi connectivity index (χ0) is 23.3. The van der Waals surface area contributed by atoms with Gasteiger partial charge in [-0.05, 0) is 29.3 Å². The van der Waals surface area contributed by atoms with Crippen LogP contribution in [-0.2, 0) is 6.18 Å². The first kappa shape index (κ1) is 23.7. The monoisotopic (exact) mass is 446 g/mol. The molecule has 0 aliphatic heterocycles. The summed E-state index contributed by atoms with van der Waals surface area (Å²) in [7, 11) is 0. The number of halogens is 8. The van der Waals surface area contributed by atoms with Crippen molar-refractivity contribution in [2.24, 2.45) is 0 Å². The van der Waals surface area contributed by atoms with Gasteiger partial charge in [-0.2, -0.15) is 13.2 Å². The number of carbonyl (C=O) groups is 2. The molecule has 0 unspecified atom stereocenters. The Morgan fingerprint density at radius 1 is 0.613 bits per heavy atom. The van der Waals surface area contributed by atoms with Crippen molar-refractivity contribution in [2.45, 2.75) is 6.18 Å². The van der Waals surface area contributed by atoms with Gasteiger partial charge in [0.15, 0.2) is 29.6 Å². The van der Waals surface area contributed by atoms with Crippen molar-refractivity contribution >= 4 is 12.6 Å². The van der Waals surface area contributed by atoms with E-state index in [9.17, 15) is 44.7 Å². The fourth-order valence-corrected chi connectivity index (χ4v) is 2.37. The maximum atomic E-state index is 12.5. The quantitative estimate of drug-likeness (QED) is 0.203. The molecule has 10 heteroatoms. The lowest BCUT2D eigenvalue weighted by molar-refractivity contribution is -0.137. The molecule has 31 heavy (non-hydrogen) atoms. The first-order valence-corrected chi connectivity index (χ1v) is 8.20. The summed E-state index contributed by atoms with van der Waals surface area (Å²) in [5, 5.41) is 0. The molecular weight excluding hydrogens is 436 g/mol. The average molecular weight is 446 g/mol. The molecule has 3 aromatic rings. The summed E-state index contributed by atoms with van der Waals surface area (Å²) >= 11 is 0. The smallest absolute Gasteiger partial charge is 0.298 e. The highest BCUT2D eigenvalue weighted by Crippen LogP contribution is 2.31. The van der Waals surface area contributed by atoms with E-state index in [1.54, 1.807) is 24.3 Å². The molecule has 0 bridgehead atoms. The Balaban J connectivity index is 0.000000233. The van der Waals surface area contributed by atoms with Crippen molar-refractivity contribution < 1.29 is 44.7 Å². The Bertz CT molecular complexity index is 1080. The van der Waals surface area contributed by atoms with Crippen molar-refractivity contribution in [3.8, 4) is 11.1 Å². The molecule has 162 valence electrons. The van der Waals surface area contributed by atoms with E-state index in [0.717, 1.165) is 12.1 Å². The number of benzene rings is 3. The third-order valence-electron chi connectivity index (χ3n) is 3.93. The van der Waals surface area contributed by atoms with Gasteiger partial charge in [0.25, 0.3) is 0 Å². The van der Waals surface area contributed by atoms with Crippen LogP contribution in [0.25, 0.3) is 11.1 Å². The van der Waals surface area contributed by atoms with Crippen LogP contribution >= 0.6 is 0 Å². The normalized spacial score (nSPS) is 10.8. The van der Waals surface area contributed by atoms with Gasteiger partial charge in [0.2, 0.25) is 5.82 Å². The lowest BCUT2D eigenvalue weighted by atomic mass is 10.0. The largest absolute Gasteiger partial charge is 0.416 e. The molecule has 0 atom stereocenters. The summed E-state index contributed by atoms with van der Waals surface area (Å²) in [5.74, 6) is -10.8. The second kappa shape index (κ2) is 9.50. The maximum Gasteiger partial charge on any atom is 0.416 e. The predicted molar refractivity (Wildman–Crippen MR) is 93.9 cm³/mol. The molecule has 3 rings (SSSR count). The molecule has 0 saturated carbocycles. The molecule has 0 heterocycles. The Labute approximate surface area is 169 Å². The summed E-state index contributed by atoms with van der Waals surface area (Å²) in [6.07, 6.45) is -4.06. The van der Waals surface area contributed by atoms with Crippen LogP contribution in [0.1, 0.15) is 26.3 Å². The van der Waals surface area contributed by atoms with Gasteiger partial charge in [-0.15, -0.1) is 0 Å². The van der Waals surface area contributed by atoms with Gasteiger partial charge >= 0.3 is 6.18 Å². The Morgan fingerprint density at radius 2 is 1.13 bits per heavy atom. The third-order valence-corrected chi connectivity index (χ3v) is 3.93. The first-order valence-electron chi connectivity index (χ1n) is 8.20. The van der Waals surface area contributed by atoms with Crippen LogP contribution in [0, 0.1) is 29.1 Å². The van der Waals surface area contributed by atoms with E-state index in [-0.39, 0.29) is 0 Å². The molecule has 0 N–H and O–H groups in total. The van der Waals surface area contributed by atoms with Crippen molar-refractivity contribution in [3.05, 3.63) is 94.3 Å². The summed E-state index contributed by atoms with van der Waals surface area (Å²) < 4.78 is 98.9. The molecule has 0 saturated heterocycles. The third kappa shape index (κ3) is 5.33. The minimum absolute atomic E-state index is 0.434. The van der Waals surface area contributed by atoms with E-state index in [1.165, 1.54) is 12.1 Å². The number of aldehydes is 2. The Hall–Kier alpha value is -3.56. The maximum absolute atomic E-state index is 12.5. The van der Waals surface area contributed by atoms with Crippen LogP contribution in [0.5, 0.6) is 0 Å². The van der Waals surface area contributed by atoms with Gasteiger partial charge in [-0.25, -0.2) is 22.0 Å². The van der Waals surface area contributed by atoms with Gasteiger partial charge < -0.3 is 0 Å². The van der Waals surface area contributed by atoms with Crippen molar-refractivity contribution in [1.29, 1.82) is 0 Å². The summed E-state index contributed by atoms with van der Waals surface area (Å²) in [6, 6.07) is 11.6. The van der Waals surface area contributed by atoms with Crippen molar-refractivity contribution in [1.82, 2.24) is 0 Å². The highest BCUT2D eigenvalue weighted by atomic mass is 19.4. The first-order chi connectivity index (χ1) is 14.5. The molecule has 0 radical (unpaired) electrons. The molecule has 0 amide bonds. The Kier molecular flexibility index (Phi) is 7.27. The van der Waals surface area contributed by atoms with E-state index in [2.05, 4.69) is 0 Å². The summed E-state index contributed by atoms with van der Waals surface area (Å²) in [6.45, 7) is 0. The summed E-state index contributed by atoms with van der Waals surface area (Å²) in [5.41, 5.74) is -0.290. The van der Waals surface area contributed by atoms with Crippen LogP contribution in [0.4, 0.5) is 35.1 Å². The highest BCUT2D eigenvalue weighted by Gasteiger charge is 2.30. The van der Waals surface area contributed by atoms with E-state index in [0.29, 0.717) is 23.0 Å². The Morgan fingerprint density at radius 3 is 1.58 bits per heavy atom. The average Bonchev–Trinajstić information content (AvgIpc) is 2.77. The van der Waals surface area contributed by atoms with Crippen LogP contribution in [0.2, 0.25) is 0 Å². The van der Waals surface area contributed by atoms with Gasteiger partial charge in [0.1, 0.15) is 6.29 Å². The van der Waals surface area contributed by atoms with Crippen LogP contribution in [0.3, 0.4) is 0 Å². The standard InChI is InChI=1S/C14H9F3O.C7HF5O/c15-14(16,17)13-6-4-11(5-7-13)12-3-1-2-10(8-12)9-18;8-3-2(1-13)4(9)6(11)7(12)5(3)10/h1-9H;1H. The fraction of sp³-hybridized carbons (Fsp3) is 0.0476. The van der Waals surface area contributed by atoms with Crippen molar-refractivity contribution in [2.75, 3.05) is 0 Å². The van der Waals surface area contributed by atoms with Gasteiger partial charge in [-0.3, -0.25) is 9.59 Å². The highest BCUT2D eigenvalue weighted by molar-refractivity contribution is 5.79. The minimum Gasteiger partial charge on any atom is -0.298 e. The van der Waals surface area contributed by atoms with E-state index in [4.69, 9.17) is 0 Å². The topological polar surface area (TPSA) is 34.1 Å². The van der Waals surface area contributed by atoms with Crippen molar-refractivity contribution in [3.63, 3.8) is 0 Å². The molecular formula is C21H10F8O2. The number of hydrogen-bond donors (Lipinski definition) is 0. The van der Waals surface area contributed by atoms with E-state index < -0.39 is 52.7 Å². The molecule has 2 nitrogen and oxygen atoms in total. The summed E-state index contributed by atoms with van der Waals surface area (Å²) in [4.78, 5) is 20.6. The van der Waals surface area contributed by atoms with E-state index >= 15 is 0 Å². The zero-order valence-electron chi connectivity index (χ0n) is 15.1. The van der Waals surface area contributed by atoms with Gasteiger partial charge in [0, 0.05) is 5.56 Å². The number of rotatable bonds is 3. The van der Waals surface area contributed by atoms with Gasteiger partial charge in [-0.1, -0.05) is 30.3 Å². The fourth-order valence-electron chi connectivity index (χ4n) is 2.37. The molecule has 0 aliphatic carbocycles. The van der Waals surface area contributed by atoms with Crippen LogP contribution < -0.4 is 0 Å². The zero-order valence-corrected chi connectivity index (χ0v) is 15.1. The SMILES string of the molecule is O=Cc1c(F)c(F)c(F)c(F)c1F.O=Cc1cccc(-c2ccc(C(F)(F)F)cc2)c1. The number of hydrogen-bond acceptors (Lipinski definition) is 2. The minimum atomic E-state index is -4.33. The second-order valence-corrected chi connectivity index (χ2v) is 5.92. The second-order valence-electron chi connectivity index (χ2n) is 5.92. The van der Waals surface area contributed by atoms with Crippen LogP contribution in [-0.4, -0.2) is 12.6 Å². The lowest BCUT2D eigenvalue weighted by Crippen LogP contribution is -2.05. The predicted octanol–water partition coefficient (Wildman–Crippen LogP) is 6.38. The molecule has 0 aromatic heterocycles. The molecule has 0 spiro atoms. The van der Waals surface area contributed by atoms with Crippen LogP contribution in [0.15, 0.2) is 48.5 Å². The number of carbonyl (C=O) groups excluding carboxylic acids is 2. The van der Waals surface area contributed by atoms with Gasteiger partial charge in [0.05, 0.1) is 11.1 Å². The number of alkyl halides is 3. The molecule has 0 aliphatic rings. The lowest BCUT2D eigenvalue weighted by Gasteiger charge is -2.08. The molecule has 0 fully saturated rings. The molecule has 3 aromatic carbocycles.